The van der Waals surface area contributed by atoms with Crippen LogP contribution in [-0.2, 0) is 11.2 Å². The highest BCUT2D eigenvalue weighted by molar-refractivity contribution is 14.1. The number of carboxylic acids is 1. The van der Waals surface area contributed by atoms with E-state index in [-0.39, 0.29) is 19.6 Å². The molecule has 0 aromatic heterocycles. The first-order chi connectivity index (χ1) is 15.9. The van der Waals surface area contributed by atoms with Gasteiger partial charge < -0.3 is 24.4 Å². The van der Waals surface area contributed by atoms with Gasteiger partial charge in [0.05, 0.1) is 19.1 Å². The Kier molecular flexibility index (Phi) is 8.52. The third kappa shape index (κ3) is 6.84. The summed E-state index contributed by atoms with van der Waals surface area (Å²) in [6.07, 6.45) is -1.00. The molecule has 8 heteroatoms. The summed E-state index contributed by atoms with van der Waals surface area (Å²) in [5.41, 5.74) is 2.75. The number of nitriles is 1. The molecule has 1 atom stereocenters. The summed E-state index contributed by atoms with van der Waals surface area (Å²) in [6, 6.07) is 19.9. The second-order valence-electron chi connectivity index (χ2n) is 7.16. The lowest BCUT2D eigenvalue weighted by Gasteiger charge is -2.16. The van der Waals surface area contributed by atoms with Gasteiger partial charge in [-0.1, -0.05) is 30.3 Å². The van der Waals surface area contributed by atoms with Gasteiger partial charge in [0.1, 0.15) is 31.1 Å². The van der Waals surface area contributed by atoms with Crippen molar-refractivity contribution in [2.45, 2.75) is 12.5 Å². The first-order valence-electron chi connectivity index (χ1n) is 10.0. The average molecular weight is 559 g/mol. The van der Waals surface area contributed by atoms with Gasteiger partial charge in [-0.25, -0.2) is 0 Å². The number of carboxylic acid groups (broad SMARTS) is 1. The fourth-order valence-electron chi connectivity index (χ4n) is 3.14. The van der Waals surface area contributed by atoms with Gasteiger partial charge in [0.15, 0.2) is 11.5 Å². The molecule has 2 N–H and O–H groups in total. The summed E-state index contributed by atoms with van der Waals surface area (Å²) < 4.78 is 17.7. The summed E-state index contributed by atoms with van der Waals surface area (Å²) in [7, 11) is 1.52. The smallest absolute Gasteiger partial charge is 0.307 e. The number of hydrogen-bond acceptors (Lipinski definition) is 6. The number of ether oxygens (including phenoxy) is 3. The lowest BCUT2D eigenvalue weighted by atomic mass is 10.0. The van der Waals surface area contributed by atoms with E-state index in [0.29, 0.717) is 28.4 Å². The lowest BCUT2D eigenvalue weighted by molar-refractivity contribution is -0.136. The minimum absolute atomic E-state index is 0.0471. The van der Waals surface area contributed by atoms with Crippen LogP contribution in [0.2, 0.25) is 0 Å². The topological polar surface area (TPSA) is 109 Å². The molecule has 0 aliphatic heterocycles. The third-order valence-corrected chi connectivity index (χ3v) is 5.37. The monoisotopic (exact) mass is 559 g/mol. The molecular weight excluding hydrogens is 537 g/mol. The predicted octanol–water partition coefficient (Wildman–Crippen LogP) is 4.28. The van der Waals surface area contributed by atoms with Crippen molar-refractivity contribution < 1.29 is 29.2 Å². The Balaban J connectivity index is 1.68. The van der Waals surface area contributed by atoms with Crippen LogP contribution in [0.25, 0.3) is 11.1 Å². The number of benzene rings is 3. The maximum Gasteiger partial charge on any atom is 0.307 e. The average Bonchev–Trinajstić information content (AvgIpc) is 2.81. The molecule has 0 spiro atoms. The van der Waals surface area contributed by atoms with E-state index in [1.54, 1.807) is 36.4 Å². The molecule has 0 bridgehead atoms. The predicted molar refractivity (Wildman–Crippen MR) is 131 cm³/mol. The molecular formula is C25H22INO6. The number of aliphatic hydroxyl groups excluding tert-OH is 1. The standard InChI is InChI=1S/C25H22INO6/c1-31-23-7-5-18(17-4-2-3-16(9-17)10-25(29)30)12-24(23)33-15-21(28)14-32-22-8-6-20(26)11-19(22)13-27/h2-9,11-12,21,28H,10,14-15H2,1H3,(H,29,30). The zero-order valence-corrected chi connectivity index (χ0v) is 20.0. The van der Waals surface area contributed by atoms with Crippen LogP contribution in [0.3, 0.4) is 0 Å². The van der Waals surface area contributed by atoms with Crippen LogP contribution in [0, 0.1) is 14.9 Å². The number of carbonyl (C=O) groups is 1. The van der Waals surface area contributed by atoms with E-state index in [0.717, 1.165) is 14.7 Å². The highest BCUT2D eigenvalue weighted by Crippen LogP contribution is 2.33. The minimum Gasteiger partial charge on any atom is -0.493 e. The molecule has 170 valence electrons. The first-order valence-corrected chi connectivity index (χ1v) is 11.1. The molecule has 0 radical (unpaired) electrons. The fraction of sp³-hybridized carbons (Fsp3) is 0.200. The van der Waals surface area contributed by atoms with Crippen molar-refractivity contribution >= 4 is 28.6 Å². The molecule has 1 unspecified atom stereocenters. The summed E-state index contributed by atoms with van der Waals surface area (Å²) in [5.74, 6) is 0.439. The highest BCUT2D eigenvalue weighted by atomic mass is 127. The van der Waals surface area contributed by atoms with Crippen LogP contribution in [0.4, 0.5) is 0 Å². The van der Waals surface area contributed by atoms with E-state index in [4.69, 9.17) is 19.3 Å². The van der Waals surface area contributed by atoms with Crippen LogP contribution in [0.5, 0.6) is 17.2 Å². The Bertz CT molecular complexity index is 1170. The maximum absolute atomic E-state index is 11.0. The molecule has 0 heterocycles. The Morgan fingerprint density at radius 3 is 2.39 bits per heavy atom. The molecule has 0 fully saturated rings. The van der Waals surface area contributed by atoms with E-state index in [9.17, 15) is 15.2 Å². The number of aliphatic hydroxyl groups is 1. The molecule has 0 aliphatic carbocycles. The van der Waals surface area contributed by atoms with Gasteiger partial charge in [-0.15, -0.1) is 0 Å². The normalized spacial score (nSPS) is 11.3. The molecule has 3 rings (SSSR count). The van der Waals surface area contributed by atoms with Crippen molar-refractivity contribution in [2.75, 3.05) is 20.3 Å². The number of halogens is 1. The van der Waals surface area contributed by atoms with Crippen molar-refractivity contribution in [1.29, 1.82) is 5.26 Å². The maximum atomic E-state index is 11.0. The molecule has 3 aromatic rings. The van der Waals surface area contributed by atoms with Crippen LogP contribution >= 0.6 is 22.6 Å². The number of methoxy groups -OCH3 is 1. The van der Waals surface area contributed by atoms with Crippen LogP contribution in [0.15, 0.2) is 60.7 Å². The molecule has 33 heavy (non-hydrogen) atoms. The van der Waals surface area contributed by atoms with Gasteiger partial charge >= 0.3 is 5.97 Å². The summed E-state index contributed by atoms with van der Waals surface area (Å²) in [4.78, 5) is 11.0. The SMILES string of the molecule is COc1ccc(-c2cccc(CC(=O)O)c2)cc1OCC(O)COc1ccc(I)cc1C#N. The van der Waals surface area contributed by atoms with Gasteiger partial charge in [-0.2, -0.15) is 5.26 Å². The Hall–Kier alpha value is -3.29. The Labute approximate surface area is 205 Å². The second-order valence-corrected chi connectivity index (χ2v) is 8.41. The van der Waals surface area contributed by atoms with Gasteiger partial charge in [0.25, 0.3) is 0 Å². The second kappa shape index (κ2) is 11.5. The van der Waals surface area contributed by atoms with E-state index >= 15 is 0 Å². The quantitative estimate of drug-likeness (QED) is 0.357. The van der Waals surface area contributed by atoms with Crippen LogP contribution in [0.1, 0.15) is 11.1 Å². The number of rotatable bonds is 10. The third-order valence-electron chi connectivity index (χ3n) is 4.70. The Morgan fingerprint density at radius 1 is 1.00 bits per heavy atom. The fourth-order valence-corrected chi connectivity index (χ4v) is 3.63. The van der Waals surface area contributed by atoms with E-state index in [1.165, 1.54) is 7.11 Å². The van der Waals surface area contributed by atoms with Crippen molar-refractivity contribution in [3.63, 3.8) is 0 Å². The van der Waals surface area contributed by atoms with Crippen molar-refractivity contribution in [3.8, 4) is 34.4 Å². The van der Waals surface area contributed by atoms with Gasteiger partial charge in [0, 0.05) is 3.57 Å². The lowest BCUT2D eigenvalue weighted by Crippen LogP contribution is -2.25. The zero-order chi connectivity index (χ0) is 23.8. The number of hydrogen-bond donors (Lipinski definition) is 2. The van der Waals surface area contributed by atoms with Gasteiger partial charge in [0.2, 0.25) is 0 Å². The molecule has 0 saturated carbocycles. The number of aliphatic carboxylic acids is 1. The molecule has 7 nitrogen and oxygen atoms in total. The van der Waals surface area contributed by atoms with Gasteiger partial charge in [-0.05, 0) is 69.6 Å². The summed E-state index contributed by atoms with van der Waals surface area (Å²) >= 11 is 2.11. The molecule has 0 aliphatic rings. The zero-order valence-electron chi connectivity index (χ0n) is 17.8. The van der Waals surface area contributed by atoms with Crippen LogP contribution < -0.4 is 14.2 Å². The van der Waals surface area contributed by atoms with Crippen molar-refractivity contribution in [1.82, 2.24) is 0 Å². The van der Waals surface area contributed by atoms with E-state index in [1.807, 2.05) is 24.3 Å². The first kappa shape index (κ1) is 24.4. The van der Waals surface area contributed by atoms with Crippen molar-refractivity contribution in [3.05, 3.63) is 75.4 Å². The summed E-state index contributed by atoms with van der Waals surface area (Å²) in [5, 5.41) is 28.6. The summed E-state index contributed by atoms with van der Waals surface area (Å²) in [6.45, 7) is -0.0976. The van der Waals surface area contributed by atoms with Crippen LogP contribution in [-0.4, -0.2) is 42.6 Å². The van der Waals surface area contributed by atoms with E-state index < -0.39 is 12.1 Å². The van der Waals surface area contributed by atoms with Gasteiger partial charge in [-0.3, -0.25) is 4.79 Å². The molecule has 0 saturated heterocycles. The Morgan fingerprint density at radius 2 is 1.70 bits per heavy atom. The molecule has 0 amide bonds. The van der Waals surface area contributed by atoms with E-state index in [2.05, 4.69) is 28.7 Å². The largest absolute Gasteiger partial charge is 0.493 e. The number of nitrogens with zero attached hydrogens (tertiary/aromatic N) is 1. The molecule has 3 aromatic carbocycles. The van der Waals surface area contributed by atoms with Crippen molar-refractivity contribution in [2.24, 2.45) is 0 Å². The minimum atomic E-state index is -0.942. The highest BCUT2D eigenvalue weighted by Gasteiger charge is 2.13.